The zero-order chi connectivity index (χ0) is 12.3. The number of rotatable bonds is 4. The van der Waals surface area contributed by atoms with E-state index in [9.17, 15) is 5.11 Å². The smallest absolute Gasteiger partial charge is 0.0575 e. The van der Waals surface area contributed by atoms with Gasteiger partial charge in [0, 0.05) is 18.0 Å². The molecule has 0 aromatic heterocycles. The Hall–Kier alpha value is -0.120. The standard InChI is InChI=1S/C13H28N2O/c1-11(16)13(2,3)10-15-8-6-12(7-9-15)14(4)5/h11-12,16H,6-10H2,1-5H3. The highest BCUT2D eigenvalue weighted by atomic mass is 16.3. The van der Waals surface area contributed by atoms with Gasteiger partial charge in [-0.3, -0.25) is 0 Å². The van der Waals surface area contributed by atoms with Crippen molar-refractivity contribution in [2.75, 3.05) is 33.7 Å². The summed E-state index contributed by atoms with van der Waals surface area (Å²) in [5.74, 6) is 0. The summed E-state index contributed by atoms with van der Waals surface area (Å²) in [4.78, 5) is 4.82. The Morgan fingerprint density at radius 1 is 1.31 bits per heavy atom. The topological polar surface area (TPSA) is 26.7 Å². The fourth-order valence-corrected chi connectivity index (χ4v) is 2.30. The van der Waals surface area contributed by atoms with Gasteiger partial charge >= 0.3 is 0 Å². The number of aliphatic hydroxyl groups excluding tert-OH is 1. The minimum Gasteiger partial charge on any atom is -0.393 e. The summed E-state index contributed by atoms with van der Waals surface area (Å²) in [5.41, 5.74) is 0.00491. The molecular formula is C13H28N2O. The van der Waals surface area contributed by atoms with Crippen LogP contribution in [0.1, 0.15) is 33.6 Å². The van der Waals surface area contributed by atoms with Gasteiger partial charge in [-0.25, -0.2) is 0 Å². The lowest BCUT2D eigenvalue weighted by Crippen LogP contribution is -2.47. The molecule has 3 heteroatoms. The molecule has 0 spiro atoms. The summed E-state index contributed by atoms with van der Waals surface area (Å²) in [6.07, 6.45) is 2.27. The molecule has 1 atom stereocenters. The zero-order valence-corrected chi connectivity index (χ0v) is 11.5. The number of piperidine rings is 1. The maximum atomic E-state index is 9.72. The van der Waals surface area contributed by atoms with E-state index in [2.05, 4.69) is 37.7 Å². The summed E-state index contributed by atoms with van der Waals surface area (Å²) in [5, 5.41) is 9.72. The average Bonchev–Trinajstić information content (AvgIpc) is 2.17. The highest BCUT2D eigenvalue weighted by Gasteiger charge is 2.29. The lowest BCUT2D eigenvalue weighted by atomic mass is 9.86. The number of aliphatic hydroxyl groups is 1. The van der Waals surface area contributed by atoms with Crippen molar-refractivity contribution in [3.63, 3.8) is 0 Å². The maximum absolute atomic E-state index is 9.72. The fourth-order valence-electron chi connectivity index (χ4n) is 2.30. The van der Waals surface area contributed by atoms with Crippen molar-refractivity contribution in [2.45, 2.75) is 45.8 Å². The van der Waals surface area contributed by atoms with Crippen LogP contribution in [0.3, 0.4) is 0 Å². The maximum Gasteiger partial charge on any atom is 0.0575 e. The molecule has 3 nitrogen and oxygen atoms in total. The molecule has 0 aliphatic carbocycles. The average molecular weight is 228 g/mol. The molecule has 0 radical (unpaired) electrons. The first kappa shape index (κ1) is 13.9. The van der Waals surface area contributed by atoms with Gasteiger partial charge in [0.2, 0.25) is 0 Å². The summed E-state index contributed by atoms with van der Waals surface area (Å²) in [6.45, 7) is 9.53. The van der Waals surface area contributed by atoms with E-state index < -0.39 is 0 Å². The molecule has 1 saturated heterocycles. The predicted molar refractivity (Wildman–Crippen MR) is 68.6 cm³/mol. The van der Waals surface area contributed by atoms with E-state index in [1.54, 1.807) is 0 Å². The Morgan fingerprint density at radius 2 is 1.81 bits per heavy atom. The number of likely N-dealkylation sites (tertiary alicyclic amines) is 1. The van der Waals surface area contributed by atoms with Crippen LogP contribution in [-0.2, 0) is 0 Å². The normalized spacial score (nSPS) is 22.7. The first-order valence-corrected chi connectivity index (χ1v) is 6.40. The minimum atomic E-state index is -0.237. The van der Waals surface area contributed by atoms with E-state index in [0.29, 0.717) is 0 Å². The Kier molecular flexibility index (Phi) is 4.77. The quantitative estimate of drug-likeness (QED) is 0.788. The highest BCUT2D eigenvalue weighted by molar-refractivity contribution is 4.83. The first-order valence-electron chi connectivity index (χ1n) is 6.40. The van der Waals surface area contributed by atoms with Crippen molar-refractivity contribution in [3.05, 3.63) is 0 Å². The van der Waals surface area contributed by atoms with Gasteiger partial charge < -0.3 is 14.9 Å². The van der Waals surface area contributed by atoms with Crippen LogP contribution < -0.4 is 0 Å². The summed E-state index contributed by atoms with van der Waals surface area (Å²) in [7, 11) is 4.33. The monoisotopic (exact) mass is 228 g/mol. The number of hydrogen-bond acceptors (Lipinski definition) is 3. The minimum absolute atomic E-state index is 0.00491. The van der Waals surface area contributed by atoms with Gasteiger partial charge in [-0.2, -0.15) is 0 Å². The Labute approximate surface area is 100 Å². The van der Waals surface area contributed by atoms with Crippen molar-refractivity contribution >= 4 is 0 Å². The SMILES string of the molecule is CC(O)C(C)(C)CN1CCC(N(C)C)CC1. The van der Waals surface area contributed by atoms with Crippen LogP contribution in [0.15, 0.2) is 0 Å². The molecular weight excluding hydrogens is 200 g/mol. The Bertz CT molecular complexity index is 206. The second-order valence-electron chi connectivity index (χ2n) is 6.14. The molecule has 1 aliphatic rings. The van der Waals surface area contributed by atoms with Crippen LogP contribution in [-0.4, -0.2) is 60.8 Å². The lowest BCUT2D eigenvalue weighted by Gasteiger charge is -2.40. The Balaban J connectivity index is 2.37. The molecule has 1 heterocycles. The van der Waals surface area contributed by atoms with Gasteiger partial charge in [-0.1, -0.05) is 13.8 Å². The molecule has 96 valence electrons. The molecule has 0 amide bonds. The third-order valence-electron chi connectivity index (χ3n) is 4.05. The lowest BCUT2D eigenvalue weighted by molar-refractivity contribution is 0.0223. The number of hydrogen-bond donors (Lipinski definition) is 1. The molecule has 1 N–H and O–H groups in total. The summed E-state index contributed by atoms with van der Waals surface area (Å²) < 4.78 is 0. The van der Waals surface area contributed by atoms with Crippen molar-refractivity contribution in [2.24, 2.45) is 5.41 Å². The zero-order valence-electron chi connectivity index (χ0n) is 11.5. The molecule has 0 aromatic carbocycles. The van der Waals surface area contributed by atoms with Crippen LogP contribution in [0.4, 0.5) is 0 Å². The van der Waals surface area contributed by atoms with Crippen LogP contribution in [0, 0.1) is 5.41 Å². The Morgan fingerprint density at radius 3 is 2.19 bits per heavy atom. The second kappa shape index (κ2) is 5.48. The van der Waals surface area contributed by atoms with Gasteiger partial charge in [0.05, 0.1) is 6.10 Å². The molecule has 1 aliphatic heterocycles. The van der Waals surface area contributed by atoms with Crippen molar-refractivity contribution < 1.29 is 5.11 Å². The molecule has 0 aromatic rings. The van der Waals surface area contributed by atoms with Gasteiger partial charge in [0.25, 0.3) is 0 Å². The van der Waals surface area contributed by atoms with Crippen molar-refractivity contribution in [1.29, 1.82) is 0 Å². The van der Waals surface area contributed by atoms with Gasteiger partial charge in [-0.15, -0.1) is 0 Å². The largest absolute Gasteiger partial charge is 0.393 e. The fraction of sp³-hybridized carbons (Fsp3) is 1.00. The van der Waals surface area contributed by atoms with E-state index in [0.717, 1.165) is 12.6 Å². The molecule has 0 saturated carbocycles. The predicted octanol–water partition coefficient (Wildman–Crippen LogP) is 1.42. The van der Waals surface area contributed by atoms with E-state index in [4.69, 9.17) is 0 Å². The molecule has 1 fully saturated rings. The number of nitrogens with zero attached hydrogens (tertiary/aromatic N) is 2. The van der Waals surface area contributed by atoms with Crippen LogP contribution in [0.5, 0.6) is 0 Å². The van der Waals surface area contributed by atoms with Crippen molar-refractivity contribution in [1.82, 2.24) is 9.80 Å². The molecule has 1 rings (SSSR count). The molecule has 16 heavy (non-hydrogen) atoms. The van der Waals surface area contributed by atoms with Gasteiger partial charge in [-0.05, 0) is 47.0 Å². The highest BCUT2D eigenvalue weighted by Crippen LogP contribution is 2.24. The third kappa shape index (κ3) is 3.72. The van der Waals surface area contributed by atoms with E-state index in [1.807, 2.05) is 6.92 Å². The van der Waals surface area contributed by atoms with Gasteiger partial charge in [0.1, 0.15) is 0 Å². The van der Waals surface area contributed by atoms with Crippen LogP contribution in [0.2, 0.25) is 0 Å². The van der Waals surface area contributed by atoms with E-state index in [-0.39, 0.29) is 11.5 Å². The summed E-state index contributed by atoms with van der Waals surface area (Å²) >= 11 is 0. The second-order valence-corrected chi connectivity index (χ2v) is 6.14. The van der Waals surface area contributed by atoms with Crippen LogP contribution >= 0.6 is 0 Å². The molecule has 0 bridgehead atoms. The van der Waals surface area contributed by atoms with E-state index in [1.165, 1.54) is 25.9 Å². The first-order chi connectivity index (χ1) is 7.33. The molecule has 1 unspecified atom stereocenters. The van der Waals surface area contributed by atoms with Crippen LogP contribution in [0.25, 0.3) is 0 Å². The van der Waals surface area contributed by atoms with Crippen molar-refractivity contribution in [3.8, 4) is 0 Å². The van der Waals surface area contributed by atoms with E-state index >= 15 is 0 Å². The summed E-state index contributed by atoms with van der Waals surface area (Å²) in [6, 6.07) is 0.742. The van der Waals surface area contributed by atoms with Gasteiger partial charge in [0.15, 0.2) is 0 Å². The third-order valence-corrected chi connectivity index (χ3v) is 4.05.